The van der Waals surface area contributed by atoms with Crippen LogP contribution in [0.5, 0.6) is 0 Å². The summed E-state index contributed by atoms with van der Waals surface area (Å²) in [7, 11) is 1.84. The van der Waals surface area contributed by atoms with Crippen LogP contribution in [-0.2, 0) is 6.54 Å². The number of hydrogen-bond acceptors (Lipinski definition) is 2. The summed E-state index contributed by atoms with van der Waals surface area (Å²) in [5.41, 5.74) is 1.87. The van der Waals surface area contributed by atoms with E-state index in [2.05, 4.69) is 33.4 Å². The van der Waals surface area contributed by atoms with E-state index in [-0.39, 0.29) is 5.91 Å². The Morgan fingerprint density at radius 3 is 2.62 bits per heavy atom. The van der Waals surface area contributed by atoms with Crippen molar-refractivity contribution in [2.45, 2.75) is 6.54 Å². The lowest BCUT2D eigenvalue weighted by molar-refractivity contribution is 0.0785. The third-order valence-electron chi connectivity index (χ3n) is 3.38. The van der Waals surface area contributed by atoms with Gasteiger partial charge in [-0.25, -0.2) is 0 Å². The number of fused-ring (bicyclic) bond motifs is 1. The van der Waals surface area contributed by atoms with Crippen LogP contribution in [-0.4, -0.2) is 17.9 Å². The lowest BCUT2D eigenvalue weighted by Crippen LogP contribution is -2.25. The first-order valence-electron chi connectivity index (χ1n) is 6.60. The van der Waals surface area contributed by atoms with Gasteiger partial charge in [0.1, 0.15) is 0 Å². The SMILES string of the molecule is CN(Cc1csc(Br)c1)C(=O)c1ccc2ccccc2c1. The van der Waals surface area contributed by atoms with Crippen molar-refractivity contribution in [2.75, 3.05) is 7.05 Å². The van der Waals surface area contributed by atoms with Gasteiger partial charge in [0, 0.05) is 19.2 Å². The van der Waals surface area contributed by atoms with E-state index < -0.39 is 0 Å². The molecule has 0 saturated heterocycles. The Hall–Kier alpha value is -1.65. The smallest absolute Gasteiger partial charge is 0.253 e. The molecule has 0 atom stereocenters. The summed E-state index contributed by atoms with van der Waals surface area (Å²) in [6.07, 6.45) is 0. The Bertz CT molecular complexity index is 796. The van der Waals surface area contributed by atoms with Crippen molar-refractivity contribution in [3.05, 3.63) is 68.8 Å². The maximum Gasteiger partial charge on any atom is 0.253 e. The quantitative estimate of drug-likeness (QED) is 0.648. The molecular formula is C17H14BrNOS. The average molecular weight is 360 g/mol. The lowest BCUT2D eigenvalue weighted by atomic mass is 10.1. The summed E-state index contributed by atoms with van der Waals surface area (Å²) >= 11 is 5.08. The van der Waals surface area contributed by atoms with Crippen molar-refractivity contribution in [2.24, 2.45) is 0 Å². The summed E-state index contributed by atoms with van der Waals surface area (Å²) in [6.45, 7) is 0.619. The van der Waals surface area contributed by atoms with Gasteiger partial charge in [0.2, 0.25) is 0 Å². The summed E-state index contributed by atoms with van der Waals surface area (Å²) < 4.78 is 1.09. The summed E-state index contributed by atoms with van der Waals surface area (Å²) in [6, 6.07) is 16.0. The number of amides is 1. The Labute approximate surface area is 136 Å². The molecule has 0 unspecified atom stereocenters. The highest BCUT2D eigenvalue weighted by Gasteiger charge is 2.13. The van der Waals surface area contributed by atoms with E-state index in [4.69, 9.17) is 0 Å². The van der Waals surface area contributed by atoms with Crippen molar-refractivity contribution in [1.29, 1.82) is 0 Å². The number of halogens is 1. The van der Waals surface area contributed by atoms with Gasteiger partial charge in [-0.05, 0) is 55.8 Å². The topological polar surface area (TPSA) is 20.3 Å². The number of carbonyl (C=O) groups excluding carboxylic acids is 1. The van der Waals surface area contributed by atoms with Gasteiger partial charge in [0.05, 0.1) is 3.79 Å². The first-order chi connectivity index (χ1) is 10.1. The van der Waals surface area contributed by atoms with Gasteiger partial charge >= 0.3 is 0 Å². The molecule has 0 aliphatic carbocycles. The van der Waals surface area contributed by atoms with Crippen molar-refractivity contribution in [3.8, 4) is 0 Å². The van der Waals surface area contributed by atoms with Crippen LogP contribution in [0.15, 0.2) is 57.7 Å². The molecule has 1 heterocycles. The molecule has 0 aliphatic rings. The largest absolute Gasteiger partial charge is 0.337 e. The van der Waals surface area contributed by atoms with Gasteiger partial charge in [-0.2, -0.15) is 0 Å². The van der Waals surface area contributed by atoms with Crippen LogP contribution in [0.25, 0.3) is 10.8 Å². The molecule has 2 nitrogen and oxygen atoms in total. The Kier molecular flexibility index (Phi) is 4.08. The van der Waals surface area contributed by atoms with Crippen LogP contribution >= 0.6 is 27.3 Å². The predicted molar refractivity (Wildman–Crippen MR) is 91.8 cm³/mol. The van der Waals surface area contributed by atoms with Gasteiger partial charge in [-0.1, -0.05) is 30.3 Å². The van der Waals surface area contributed by atoms with Crippen LogP contribution in [0.3, 0.4) is 0 Å². The Morgan fingerprint density at radius 2 is 1.90 bits per heavy atom. The van der Waals surface area contributed by atoms with Crippen LogP contribution < -0.4 is 0 Å². The maximum absolute atomic E-state index is 12.5. The number of carbonyl (C=O) groups is 1. The van der Waals surface area contributed by atoms with Crippen molar-refractivity contribution >= 4 is 43.9 Å². The molecular weight excluding hydrogens is 346 g/mol. The van der Waals surface area contributed by atoms with Gasteiger partial charge in [-0.3, -0.25) is 4.79 Å². The number of rotatable bonds is 3. The van der Waals surface area contributed by atoms with Crippen molar-refractivity contribution in [1.82, 2.24) is 4.90 Å². The summed E-state index contributed by atoms with van der Waals surface area (Å²) in [5, 5.41) is 4.31. The molecule has 3 rings (SSSR count). The zero-order valence-electron chi connectivity index (χ0n) is 11.5. The molecule has 0 aliphatic heterocycles. The Balaban J connectivity index is 1.82. The van der Waals surface area contributed by atoms with E-state index in [1.807, 2.05) is 43.4 Å². The average Bonchev–Trinajstić information content (AvgIpc) is 2.91. The van der Waals surface area contributed by atoms with E-state index >= 15 is 0 Å². The van der Waals surface area contributed by atoms with E-state index in [0.29, 0.717) is 6.54 Å². The predicted octanol–water partition coefficient (Wildman–Crippen LogP) is 4.94. The zero-order valence-corrected chi connectivity index (χ0v) is 13.9. The molecule has 1 aromatic heterocycles. The second kappa shape index (κ2) is 6.00. The molecule has 0 spiro atoms. The summed E-state index contributed by atoms with van der Waals surface area (Å²) in [5.74, 6) is 0.0445. The fourth-order valence-corrected chi connectivity index (χ4v) is 3.52. The maximum atomic E-state index is 12.5. The van der Waals surface area contributed by atoms with E-state index in [0.717, 1.165) is 25.7 Å². The number of thiophene rings is 1. The number of benzene rings is 2. The molecule has 0 radical (unpaired) electrons. The van der Waals surface area contributed by atoms with Crippen LogP contribution in [0.2, 0.25) is 0 Å². The normalized spacial score (nSPS) is 10.8. The van der Waals surface area contributed by atoms with Gasteiger partial charge in [0.25, 0.3) is 5.91 Å². The van der Waals surface area contributed by atoms with Crippen molar-refractivity contribution in [3.63, 3.8) is 0 Å². The standard InChI is InChI=1S/C17H14BrNOS/c1-19(10-12-8-16(18)21-11-12)17(20)15-7-6-13-4-2-3-5-14(13)9-15/h2-9,11H,10H2,1H3. The zero-order chi connectivity index (χ0) is 14.8. The molecule has 1 amide bonds. The minimum absolute atomic E-state index is 0.0445. The first-order valence-corrected chi connectivity index (χ1v) is 8.28. The molecule has 21 heavy (non-hydrogen) atoms. The van der Waals surface area contributed by atoms with E-state index in [1.54, 1.807) is 16.2 Å². The van der Waals surface area contributed by atoms with Gasteiger partial charge in [-0.15, -0.1) is 11.3 Å². The molecule has 106 valence electrons. The highest BCUT2D eigenvalue weighted by molar-refractivity contribution is 9.11. The molecule has 2 aromatic carbocycles. The lowest BCUT2D eigenvalue weighted by Gasteiger charge is -2.16. The molecule has 0 bridgehead atoms. The minimum Gasteiger partial charge on any atom is -0.337 e. The fraction of sp³-hybridized carbons (Fsp3) is 0.118. The first kappa shape index (κ1) is 14.3. The monoisotopic (exact) mass is 359 g/mol. The second-order valence-electron chi connectivity index (χ2n) is 4.98. The van der Waals surface area contributed by atoms with E-state index in [1.165, 1.54) is 0 Å². The van der Waals surface area contributed by atoms with Crippen LogP contribution in [0.4, 0.5) is 0 Å². The summed E-state index contributed by atoms with van der Waals surface area (Å²) in [4.78, 5) is 14.3. The fourth-order valence-electron chi connectivity index (χ4n) is 2.32. The Morgan fingerprint density at radius 1 is 1.14 bits per heavy atom. The van der Waals surface area contributed by atoms with Crippen molar-refractivity contribution < 1.29 is 4.79 Å². The minimum atomic E-state index is 0.0445. The highest BCUT2D eigenvalue weighted by atomic mass is 79.9. The molecule has 3 aromatic rings. The molecule has 0 N–H and O–H groups in total. The highest BCUT2D eigenvalue weighted by Crippen LogP contribution is 2.22. The molecule has 4 heteroatoms. The van der Waals surface area contributed by atoms with Crippen LogP contribution in [0.1, 0.15) is 15.9 Å². The number of nitrogens with zero attached hydrogens (tertiary/aromatic N) is 1. The second-order valence-corrected chi connectivity index (χ2v) is 7.27. The molecule has 0 fully saturated rings. The van der Waals surface area contributed by atoms with Gasteiger partial charge in [0.15, 0.2) is 0 Å². The van der Waals surface area contributed by atoms with Crippen LogP contribution in [0, 0.1) is 0 Å². The third-order valence-corrected chi connectivity index (χ3v) is 4.94. The number of hydrogen-bond donors (Lipinski definition) is 0. The molecule has 0 saturated carbocycles. The third kappa shape index (κ3) is 3.17. The van der Waals surface area contributed by atoms with E-state index in [9.17, 15) is 4.79 Å². The van der Waals surface area contributed by atoms with Gasteiger partial charge < -0.3 is 4.90 Å².